The second kappa shape index (κ2) is 7.41. The molecular formula is C14H23FN2. The van der Waals surface area contributed by atoms with Gasteiger partial charge in [-0.1, -0.05) is 19.1 Å². The van der Waals surface area contributed by atoms with Gasteiger partial charge >= 0.3 is 0 Å². The van der Waals surface area contributed by atoms with Gasteiger partial charge in [-0.15, -0.1) is 0 Å². The van der Waals surface area contributed by atoms with Crippen LogP contribution >= 0.6 is 0 Å². The van der Waals surface area contributed by atoms with E-state index in [0.717, 1.165) is 38.0 Å². The van der Waals surface area contributed by atoms with Crippen LogP contribution in [0.15, 0.2) is 24.3 Å². The maximum absolute atomic E-state index is 13.0. The van der Waals surface area contributed by atoms with Gasteiger partial charge in [0.15, 0.2) is 0 Å². The lowest BCUT2D eigenvalue weighted by molar-refractivity contribution is 0.283. The molecule has 1 aromatic rings. The van der Waals surface area contributed by atoms with Crippen LogP contribution in [0.5, 0.6) is 0 Å². The fourth-order valence-electron chi connectivity index (χ4n) is 2.01. The Hall–Kier alpha value is -0.930. The Bertz CT molecular complexity index is 328. The van der Waals surface area contributed by atoms with Gasteiger partial charge in [-0.05, 0) is 50.0 Å². The first-order valence-electron chi connectivity index (χ1n) is 6.25. The molecule has 0 aliphatic heterocycles. The molecule has 0 heterocycles. The van der Waals surface area contributed by atoms with E-state index in [-0.39, 0.29) is 5.82 Å². The molecule has 2 N–H and O–H groups in total. The normalized spacial score (nSPS) is 13.0. The van der Waals surface area contributed by atoms with Crippen LogP contribution in [0.4, 0.5) is 4.39 Å². The second-order valence-corrected chi connectivity index (χ2v) is 4.82. The van der Waals surface area contributed by atoms with Crippen molar-refractivity contribution in [2.75, 3.05) is 26.7 Å². The van der Waals surface area contributed by atoms with Crippen LogP contribution in [0.2, 0.25) is 0 Å². The molecular weight excluding hydrogens is 215 g/mol. The summed E-state index contributed by atoms with van der Waals surface area (Å²) in [7, 11) is 2.10. The molecule has 0 radical (unpaired) electrons. The van der Waals surface area contributed by atoms with Gasteiger partial charge < -0.3 is 10.6 Å². The zero-order valence-corrected chi connectivity index (χ0v) is 10.8. The van der Waals surface area contributed by atoms with Crippen LogP contribution in [0.3, 0.4) is 0 Å². The largest absolute Gasteiger partial charge is 0.330 e. The molecule has 1 aromatic carbocycles. The second-order valence-electron chi connectivity index (χ2n) is 4.82. The fraction of sp³-hybridized carbons (Fsp3) is 0.571. The van der Waals surface area contributed by atoms with Crippen LogP contribution in [-0.2, 0) is 6.42 Å². The van der Waals surface area contributed by atoms with Crippen molar-refractivity contribution < 1.29 is 4.39 Å². The zero-order valence-electron chi connectivity index (χ0n) is 10.8. The van der Waals surface area contributed by atoms with Crippen molar-refractivity contribution >= 4 is 0 Å². The molecule has 0 bridgehead atoms. The summed E-state index contributed by atoms with van der Waals surface area (Å²) in [5.41, 5.74) is 6.59. The smallest absolute Gasteiger partial charge is 0.123 e. The van der Waals surface area contributed by atoms with E-state index in [4.69, 9.17) is 5.73 Å². The van der Waals surface area contributed by atoms with Crippen LogP contribution in [0.25, 0.3) is 0 Å². The van der Waals surface area contributed by atoms with Gasteiger partial charge in [-0.3, -0.25) is 0 Å². The summed E-state index contributed by atoms with van der Waals surface area (Å²) in [6.45, 7) is 4.97. The molecule has 96 valence electrons. The lowest BCUT2D eigenvalue weighted by Crippen LogP contribution is -2.27. The topological polar surface area (TPSA) is 29.3 Å². The molecule has 0 aromatic heterocycles. The van der Waals surface area contributed by atoms with Crippen LogP contribution < -0.4 is 5.73 Å². The minimum Gasteiger partial charge on any atom is -0.330 e. The molecule has 0 aliphatic carbocycles. The Morgan fingerprint density at radius 3 is 2.82 bits per heavy atom. The van der Waals surface area contributed by atoms with E-state index < -0.39 is 0 Å². The molecule has 2 nitrogen and oxygen atoms in total. The molecule has 1 unspecified atom stereocenters. The molecule has 1 atom stereocenters. The maximum Gasteiger partial charge on any atom is 0.123 e. The minimum absolute atomic E-state index is 0.151. The molecule has 1 rings (SSSR count). The highest BCUT2D eigenvalue weighted by atomic mass is 19.1. The van der Waals surface area contributed by atoms with E-state index in [9.17, 15) is 4.39 Å². The van der Waals surface area contributed by atoms with Crippen LogP contribution in [0.1, 0.15) is 18.9 Å². The van der Waals surface area contributed by atoms with E-state index in [0.29, 0.717) is 5.92 Å². The van der Waals surface area contributed by atoms with Crippen molar-refractivity contribution in [3.8, 4) is 0 Å². The van der Waals surface area contributed by atoms with Gasteiger partial charge in [0.2, 0.25) is 0 Å². The van der Waals surface area contributed by atoms with Crippen molar-refractivity contribution in [1.29, 1.82) is 0 Å². The van der Waals surface area contributed by atoms with Crippen molar-refractivity contribution in [2.24, 2.45) is 11.7 Å². The molecule has 17 heavy (non-hydrogen) atoms. The Labute approximate surface area is 104 Å². The van der Waals surface area contributed by atoms with E-state index in [1.54, 1.807) is 12.1 Å². The van der Waals surface area contributed by atoms with Crippen molar-refractivity contribution in [2.45, 2.75) is 19.8 Å². The third-order valence-electron chi connectivity index (χ3n) is 2.95. The quantitative estimate of drug-likeness (QED) is 0.789. The summed E-state index contributed by atoms with van der Waals surface area (Å²) in [6.07, 6.45) is 1.95. The molecule has 0 saturated carbocycles. The van der Waals surface area contributed by atoms with Crippen molar-refractivity contribution in [3.05, 3.63) is 35.6 Å². The number of rotatable bonds is 7. The van der Waals surface area contributed by atoms with Crippen molar-refractivity contribution in [3.63, 3.8) is 0 Å². The van der Waals surface area contributed by atoms with E-state index in [1.807, 2.05) is 6.07 Å². The number of halogens is 1. The van der Waals surface area contributed by atoms with E-state index in [2.05, 4.69) is 18.9 Å². The monoisotopic (exact) mass is 238 g/mol. The number of hydrogen-bond acceptors (Lipinski definition) is 2. The Balaban J connectivity index is 2.30. The molecule has 3 heteroatoms. The number of likely N-dealkylation sites (N-methyl/N-ethyl adjacent to an activating group) is 1. The highest BCUT2D eigenvalue weighted by Crippen LogP contribution is 2.07. The Kier molecular flexibility index (Phi) is 6.16. The van der Waals surface area contributed by atoms with Gasteiger partial charge in [0.05, 0.1) is 0 Å². The third kappa shape index (κ3) is 5.80. The summed E-state index contributed by atoms with van der Waals surface area (Å²) in [5.74, 6) is 0.471. The Morgan fingerprint density at radius 1 is 1.41 bits per heavy atom. The predicted molar refractivity (Wildman–Crippen MR) is 70.4 cm³/mol. The summed E-state index contributed by atoms with van der Waals surface area (Å²) in [6, 6.07) is 6.83. The maximum atomic E-state index is 13.0. The summed E-state index contributed by atoms with van der Waals surface area (Å²) < 4.78 is 13.0. The lowest BCUT2D eigenvalue weighted by atomic mass is 10.1. The van der Waals surface area contributed by atoms with E-state index >= 15 is 0 Å². The first-order valence-corrected chi connectivity index (χ1v) is 6.25. The third-order valence-corrected chi connectivity index (χ3v) is 2.95. The van der Waals surface area contributed by atoms with Crippen LogP contribution in [-0.4, -0.2) is 31.6 Å². The zero-order chi connectivity index (χ0) is 12.7. The lowest BCUT2D eigenvalue weighted by Gasteiger charge is -2.20. The molecule has 0 saturated heterocycles. The highest BCUT2D eigenvalue weighted by Gasteiger charge is 2.05. The SMILES string of the molecule is CC(CCN)CN(C)CCc1cccc(F)c1. The summed E-state index contributed by atoms with van der Waals surface area (Å²) in [4.78, 5) is 2.28. The predicted octanol–water partition coefficient (Wildman–Crippen LogP) is 2.28. The number of nitrogens with zero attached hydrogens (tertiary/aromatic N) is 1. The standard InChI is InChI=1S/C14H23FN2/c1-12(6-8-16)11-17(2)9-7-13-4-3-5-14(15)10-13/h3-5,10,12H,6-9,11,16H2,1-2H3. The summed E-state index contributed by atoms with van der Waals surface area (Å²) in [5, 5.41) is 0. The average Bonchev–Trinajstić information content (AvgIpc) is 2.27. The minimum atomic E-state index is -0.151. The van der Waals surface area contributed by atoms with Gasteiger partial charge in [-0.2, -0.15) is 0 Å². The van der Waals surface area contributed by atoms with Gasteiger partial charge in [0.1, 0.15) is 5.82 Å². The van der Waals surface area contributed by atoms with Crippen molar-refractivity contribution in [1.82, 2.24) is 4.90 Å². The molecule has 0 fully saturated rings. The average molecular weight is 238 g/mol. The van der Waals surface area contributed by atoms with Gasteiger partial charge in [-0.25, -0.2) is 4.39 Å². The fourth-order valence-corrected chi connectivity index (χ4v) is 2.01. The first-order chi connectivity index (χ1) is 8.11. The Morgan fingerprint density at radius 2 is 2.18 bits per heavy atom. The highest BCUT2D eigenvalue weighted by molar-refractivity contribution is 5.16. The van der Waals surface area contributed by atoms with E-state index in [1.165, 1.54) is 6.07 Å². The molecule has 0 spiro atoms. The molecule has 0 aliphatic rings. The number of nitrogens with two attached hydrogens (primary N) is 1. The van der Waals surface area contributed by atoms with Crippen LogP contribution in [0, 0.1) is 11.7 Å². The van der Waals surface area contributed by atoms with Gasteiger partial charge in [0, 0.05) is 13.1 Å². The summed E-state index contributed by atoms with van der Waals surface area (Å²) >= 11 is 0. The first kappa shape index (κ1) is 14.1. The molecule has 0 amide bonds. The number of benzene rings is 1. The number of hydrogen-bond donors (Lipinski definition) is 1. The van der Waals surface area contributed by atoms with Gasteiger partial charge in [0.25, 0.3) is 0 Å².